The van der Waals surface area contributed by atoms with E-state index in [1.807, 2.05) is 7.05 Å². The molecule has 2 aliphatic rings. The van der Waals surface area contributed by atoms with E-state index in [2.05, 4.69) is 10.2 Å². The summed E-state index contributed by atoms with van der Waals surface area (Å²) < 4.78 is 10.7. The maximum atomic E-state index is 5.56. The third-order valence-corrected chi connectivity index (χ3v) is 3.30. The van der Waals surface area contributed by atoms with Crippen LogP contribution in [0.15, 0.2) is 0 Å². The molecule has 0 aromatic heterocycles. The average Bonchev–Trinajstić information content (AvgIpc) is 2.68. The lowest BCUT2D eigenvalue weighted by Gasteiger charge is -2.27. The molecular formula is C11H22N2O2. The fourth-order valence-electron chi connectivity index (χ4n) is 2.47. The lowest BCUT2D eigenvalue weighted by Crippen LogP contribution is -2.36. The van der Waals surface area contributed by atoms with Gasteiger partial charge >= 0.3 is 0 Å². The molecule has 2 atom stereocenters. The lowest BCUT2D eigenvalue weighted by atomic mass is 10.1. The van der Waals surface area contributed by atoms with Crippen molar-refractivity contribution >= 4 is 0 Å². The van der Waals surface area contributed by atoms with Gasteiger partial charge in [0.05, 0.1) is 12.7 Å². The average molecular weight is 214 g/mol. The molecule has 0 aromatic rings. The van der Waals surface area contributed by atoms with Crippen LogP contribution in [0.25, 0.3) is 0 Å². The molecule has 2 saturated heterocycles. The van der Waals surface area contributed by atoms with Crippen LogP contribution in [0.2, 0.25) is 0 Å². The number of hydrogen-bond acceptors (Lipinski definition) is 4. The Kier molecular flexibility index (Phi) is 4.38. The van der Waals surface area contributed by atoms with Crippen LogP contribution < -0.4 is 5.32 Å². The van der Waals surface area contributed by atoms with Gasteiger partial charge in [0.1, 0.15) is 6.79 Å². The van der Waals surface area contributed by atoms with Gasteiger partial charge in [-0.05, 0) is 38.9 Å². The summed E-state index contributed by atoms with van der Waals surface area (Å²) >= 11 is 0. The summed E-state index contributed by atoms with van der Waals surface area (Å²) in [6, 6.07) is 0. The highest BCUT2D eigenvalue weighted by molar-refractivity contribution is 4.79. The second-order valence-electron chi connectivity index (χ2n) is 4.58. The molecule has 15 heavy (non-hydrogen) atoms. The van der Waals surface area contributed by atoms with Crippen LogP contribution in [0, 0.1) is 5.92 Å². The summed E-state index contributed by atoms with van der Waals surface area (Å²) in [7, 11) is 2.03. The Hall–Kier alpha value is -0.160. The molecule has 0 saturated carbocycles. The Morgan fingerprint density at radius 1 is 1.40 bits per heavy atom. The molecule has 2 aliphatic heterocycles. The van der Waals surface area contributed by atoms with Crippen molar-refractivity contribution in [2.45, 2.75) is 18.9 Å². The van der Waals surface area contributed by atoms with Gasteiger partial charge in [-0.1, -0.05) is 0 Å². The van der Waals surface area contributed by atoms with E-state index < -0.39 is 0 Å². The third kappa shape index (κ3) is 3.41. The summed E-state index contributed by atoms with van der Waals surface area (Å²) in [6.45, 7) is 6.03. The number of nitrogens with zero attached hydrogens (tertiary/aromatic N) is 1. The molecule has 88 valence electrons. The molecule has 2 rings (SSSR count). The van der Waals surface area contributed by atoms with Crippen molar-refractivity contribution in [1.82, 2.24) is 10.2 Å². The predicted molar refractivity (Wildman–Crippen MR) is 58.8 cm³/mol. The van der Waals surface area contributed by atoms with E-state index in [4.69, 9.17) is 9.47 Å². The molecule has 1 N–H and O–H groups in total. The zero-order chi connectivity index (χ0) is 10.5. The monoisotopic (exact) mass is 214 g/mol. The normalized spacial score (nSPS) is 33.4. The topological polar surface area (TPSA) is 33.7 Å². The molecular weight excluding hydrogens is 192 g/mol. The minimum atomic E-state index is 0.395. The molecule has 0 aliphatic carbocycles. The van der Waals surface area contributed by atoms with Crippen molar-refractivity contribution in [1.29, 1.82) is 0 Å². The number of ether oxygens (including phenoxy) is 2. The first-order valence-electron chi connectivity index (χ1n) is 5.95. The van der Waals surface area contributed by atoms with Crippen LogP contribution in [0.3, 0.4) is 0 Å². The highest BCUT2D eigenvalue weighted by Gasteiger charge is 2.25. The van der Waals surface area contributed by atoms with Crippen molar-refractivity contribution < 1.29 is 9.47 Å². The van der Waals surface area contributed by atoms with E-state index in [0.29, 0.717) is 12.9 Å². The van der Waals surface area contributed by atoms with E-state index in [1.165, 1.54) is 19.5 Å². The Labute approximate surface area is 91.9 Å². The zero-order valence-corrected chi connectivity index (χ0v) is 9.58. The van der Waals surface area contributed by atoms with E-state index in [0.717, 1.165) is 32.0 Å². The second kappa shape index (κ2) is 5.80. The van der Waals surface area contributed by atoms with Crippen LogP contribution in [0.1, 0.15) is 12.8 Å². The van der Waals surface area contributed by atoms with Gasteiger partial charge in [-0.15, -0.1) is 0 Å². The summed E-state index contributed by atoms with van der Waals surface area (Å²) in [5, 5.41) is 3.26. The fraction of sp³-hybridized carbons (Fsp3) is 1.00. The van der Waals surface area contributed by atoms with Gasteiger partial charge in [-0.3, -0.25) is 0 Å². The summed E-state index contributed by atoms with van der Waals surface area (Å²) in [5.74, 6) is 0.829. The summed E-state index contributed by atoms with van der Waals surface area (Å²) in [5.41, 5.74) is 0. The quantitative estimate of drug-likeness (QED) is 0.729. The maximum absolute atomic E-state index is 5.56. The Morgan fingerprint density at radius 2 is 2.33 bits per heavy atom. The van der Waals surface area contributed by atoms with E-state index in [1.54, 1.807) is 0 Å². The molecule has 2 fully saturated rings. The van der Waals surface area contributed by atoms with E-state index in [-0.39, 0.29) is 0 Å². The summed E-state index contributed by atoms with van der Waals surface area (Å²) in [6.07, 6.45) is 2.77. The van der Waals surface area contributed by atoms with Crippen LogP contribution in [0.4, 0.5) is 0 Å². The number of rotatable bonds is 4. The van der Waals surface area contributed by atoms with Crippen molar-refractivity contribution in [2.24, 2.45) is 5.92 Å². The Bertz CT molecular complexity index is 183. The smallest absolute Gasteiger partial charge is 0.147 e. The number of likely N-dealkylation sites (tertiary alicyclic amines) is 1. The maximum Gasteiger partial charge on any atom is 0.147 e. The van der Waals surface area contributed by atoms with Gasteiger partial charge in [-0.25, -0.2) is 0 Å². The first kappa shape index (κ1) is 11.3. The van der Waals surface area contributed by atoms with Gasteiger partial charge in [0, 0.05) is 13.1 Å². The van der Waals surface area contributed by atoms with Crippen LogP contribution in [-0.2, 0) is 9.47 Å². The molecule has 0 amide bonds. The molecule has 4 heteroatoms. The molecule has 4 nitrogen and oxygen atoms in total. The van der Waals surface area contributed by atoms with Gasteiger partial charge in [-0.2, -0.15) is 0 Å². The molecule has 0 spiro atoms. The van der Waals surface area contributed by atoms with Crippen LogP contribution in [-0.4, -0.2) is 57.6 Å². The molecule has 0 bridgehead atoms. The van der Waals surface area contributed by atoms with E-state index in [9.17, 15) is 0 Å². The highest BCUT2D eigenvalue weighted by atomic mass is 16.7. The number of nitrogens with one attached hydrogen (secondary N) is 1. The second-order valence-corrected chi connectivity index (χ2v) is 4.58. The van der Waals surface area contributed by atoms with Crippen molar-refractivity contribution in [3.05, 3.63) is 0 Å². The SMILES string of the molecule is CNCC1CCN(CC2CCOCO2)C1. The van der Waals surface area contributed by atoms with Gasteiger partial charge < -0.3 is 19.7 Å². The lowest BCUT2D eigenvalue weighted by molar-refractivity contribution is -0.143. The van der Waals surface area contributed by atoms with E-state index >= 15 is 0 Å². The molecule has 0 radical (unpaired) electrons. The Balaban J connectivity index is 1.67. The minimum absolute atomic E-state index is 0.395. The molecule has 2 heterocycles. The van der Waals surface area contributed by atoms with Crippen molar-refractivity contribution in [3.63, 3.8) is 0 Å². The third-order valence-electron chi connectivity index (χ3n) is 3.30. The predicted octanol–water partition coefficient (Wildman–Crippen LogP) is 0.291. The Morgan fingerprint density at radius 3 is 3.07 bits per heavy atom. The van der Waals surface area contributed by atoms with Crippen LogP contribution in [0.5, 0.6) is 0 Å². The first-order chi connectivity index (χ1) is 7.38. The highest BCUT2D eigenvalue weighted by Crippen LogP contribution is 2.17. The molecule has 2 unspecified atom stereocenters. The minimum Gasteiger partial charge on any atom is -0.355 e. The first-order valence-corrected chi connectivity index (χ1v) is 5.95. The zero-order valence-electron chi connectivity index (χ0n) is 9.58. The van der Waals surface area contributed by atoms with Crippen molar-refractivity contribution in [3.8, 4) is 0 Å². The summed E-state index contributed by atoms with van der Waals surface area (Å²) in [4.78, 5) is 2.53. The number of hydrogen-bond donors (Lipinski definition) is 1. The van der Waals surface area contributed by atoms with Crippen molar-refractivity contribution in [2.75, 3.05) is 46.6 Å². The van der Waals surface area contributed by atoms with Gasteiger partial charge in [0.2, 0.25) is 0 Å². The van der Waals surface area contributed by atoms with Crippen LogP contribution >= 0.6 is 0 Å². The van der Waals surface area contributed by atoms with Gasteiger partial charge in [0.25, 0.3) is 0 Å². The largest absolute Gasteiger partial charge is 0.355 e. The van der Waals surface area contributed by atoms with Gasteiger partial charge in [0.15, 0.2) is 0 Å². The fourth-order valence-corrected chi connectivity index (χ4v) is 2.47. The molecule has 0 aromatic carbocycles. The standard InChI is InChI=1S/C11H22N2O2/c1-12-6-10-2-4-13(7-10)8-11-3-5-14-9-15-11/h10-12H,2-9H2,1H3.